The summed E-state index contributed by atoms with van der Waals surface area (Å²) in [6.45, 7) is -2.09. The van der Waals surface area contributed by atoms with Crippen LogP contribution in [0.2, 0.25) is 0 Å². The minimum atomic E-state index is -6.13. The molecular weight excluding hydrogens is 304 g/mol. The fraction of sp³-hybridized carbons (Fsp3) is 0.375. The molecule has 11 heteroatoms. The van der Waals surface area contributed by atoms with E-state index >= 15 is 0 Å². The first-order valence-electron chi connectivity index (χ1n) is 4.41. The number of pyridine rings is 1. The molecule has 0 spiro atoms. The summed E-state index contributed by atoms with van der Waals surface area (Å²) in [4.78, 5) is 2.93. The summed E-state index contributed by atoms with van der Waals surface area (Å²) in [5.41, 5.74) is -6.93. The normalized spacial score (nSPS) is 13.6. The van der Waals surface area contributed by atoms with Crippen molar-refractivity contribution in [1.29, 1.82) is 0 Å². The maximum Gasteiger partial charge on any atom is 0.523 e. The number of nitrogens with zero attached hydrogens (tertiary/aromatic N) is 1. The summed E-state index contributed by atoms with van der Waals surface area (Å²) in [6.07, 6.45) is 0.404. The zero-order chi connectivity index (χ0) is 14.9. The summed E-state index contributed by atoms with van der Waals surface area (Å²) in [5.74, 6) is -5.06. The topological polar surface area (TPSA) is 56.3 Å². The molecule has 0 aromatic carbocycles. The van der Waals surface area contributed by atoms with Crippen molar-refractivity contribution < 1.29 is 38.9 Å². The highest BCUT2D eigenvalue weighted by atomic mass is 32.2. The maximum atomic E-state index is 13.3. The summed E-state index contributed by atoms with van der Waals surface area (Å²) in [5, 5.41) is 0. The quantitative estimate of drug-likeness (QED) is 0.486. The molecule has 0 saturated heterocycles. The Balaban J connectivity index is 2.84. The largest absolute Gasteiger partial charge is 0.523 e. The van der Waals surface area contributed by atoms with E-state index < -0.39 is 39.7 Å². The van der Waals surface area contributed by atoms with Gasteiger partial charge in [-0.3, -0.25) is 9.17 Å². The second-order valence-electron chi connectivity index (χ2n) is 3.23. The molecule has 0 aliphatic rings. The van der Waals surface area contributed by atoms with Crippen LogP contribution in [0.1, 0.15) is 5.69 Å². The standard InChI is InChI=1S/C8H5F6NO3S/c9-5-1-2-6(15-3-5)7(10,11)4-18-19(16,17)8(12,13)14/h1-3H,4H2. The van der Waals surface area contributed by atoms with E-state index in [2.05, 4.69) is 9.17 Å². The van der Waals surface area contributed by atoms with E-state index in [1.807, 2.05) is 0 Å². The van der Waals surface area contributed by atoms with Gasteiger partial charge in [-0.25, -0.2) is 4.39 Å². The van der Waals surface area contributed by atoms with Crippen LogP contribution in [0.5, 0.6) is 0 Å². The number of aromatic nitrogens is 1. The molecule has 0 saturated carbocycles. The van der Waals surface area contributed by atoms with Crippen LogP contribution in [-0.4, -0.2) is 25.5 Å². The number of alkyl halides is 5. The van der Waals surface area contributed by atoms with E-state index in [4.69, 9.17) is 0 Å². The van der Waals surface area contributed by atoms with E-state index in [9.17, 15) is 34.8 Å². The summed E-state index contributed by atoms with van der Waals surface area (Å²) >= 11 is 0. The molecule has 19 heavy (non-hydrogen) atoms. The Labute approximate surface area is 103 Å². The van der Waals surface area contributed by atoms with Crippen LogP contribution < -0.4 is 0 Å². The van der Waals surface area contributed by atoms with Crippen LogP contribution in [0, 0.1) is 5.82 Å². The van der Waals surface area contributed by atoms with Crippen LogP contribution in [-0.2, 0) is 20.2 Å². The minimum absolute atomic E-state index is 0.404. The van der Waals surface area contributed by atoms with Gasteiger partial charge in [-0.2, -0.15) is 30.4 Å². The van der Waals surface area contributed by atoms with Crippen LogP contribution >= 0.6 is 0 Å². The SMILES string of the molecule is O=S(=O)(OCC(F)(F)c1ccc(F)cn1)C(F)(F)F. The van der Waals surface area contributed by atoms with E-state index in [1.54, 1.807) is 0 Å². The monoisotopic (exact) mass is 309 g/mol. The minimum Gasteiger partial charge on any atom is -0.256 e. The first-order chi connectivity index (χ1) is 8.46. The fourth-order valence-corrected chi connectivity index (χ4v) is 1.32. The van der Waals surface area contributed by atoms with Gasteiger partial charge >= 0.3 is 21.5 Å². The molecule has 1 aromatic rings. The van der Waals surface area contributed by atoms with Gasteiger partial charge in [0.1, 0.15) is 18.1 Å². The molecule has 0 radical (unpaired) electrons. The predicted molar refractivity (Wildman–Crippen MR) is 49.0 cm³/mol. The third kappa shape index (κ3) is 3.80. The molecule has 0 atom stereocenters. The number of hydrogen-bond donors (Lipinski definition) is 0. The predicted octanol–water partition coefficient (Wildman–Crippen LogP) is 2.18. The molecule has 0 aliphatic heterocycles. The van der Waals surface area contributed by atoms with Crippen molar-refractivity contribution in [2.75, 3.05) is 6.61 Å². The number of halogens is 6. The molecule has 1 rings (SSSR count). The molecule has 0 amide bonds. The maximum absolute atomic E-state index is 13.3. The molecule has 108 valence electrons. The summed E-state index contributed by atoms with van der Waals surface area (Å²) in [6, 6.07) is 1.09. The Morgan fingerprint density at radius 2 is 1.74 bits per heavy atom. The van der Waals surface area contributed by atoms with E-state index in [0.29, 0.717) is 18.3 Å². The summed E-state index contributed by atoms with van der Waals surface area (Å²) < 4.78 is 98.5. The van der Waals surface area contributed by atoms with Gasteiger partial charge in [0.05, 0.1) is 6.20 Å². The van der Waals surface area contributed by atoms with Crippen LogP contribution in [0.15, 0.2) is 18.3 Å². The van der Waals surface area contributed by atoms with Gasteiger partial charge in [-0.05, 0) is 12.1 Å². The Bertz CT molecular complexity index is 539. The van der Waals surface area contributed by atoms with Gasteiger partial charge < -0.3 is 0 Å². The molecule has 0 bridgehead atoms. The van der Waals surface area contributed by atoms with E-state index in [-0.39, 0.29) is 0 Å². The highest BCUT2D eigenvalue weighted by molar-refractivity contribution is 7.87. The van der Waals surface area contributed by atoms with Gasteiger partial charge in [0.2, 0.25) is 0 Å². The second kappa shape index (κ2) is 4.96. The van der Waals surface area contributed by atoms with Gasteiger partial charge in [0, 0.05) is 0 Å². The van der Waals surface area contributed by atoms with Crippen molar-refractivity contribution in [1.82, 2.24) is 4.98 Å². The zero-order valence-electron chi connectivity index (χ0n) is 8.79. The first kappa shape index (κ1) is 15.7. The number of rotatable bonds is 4. The molecule has 1 heterocycles. The average molecular weight is 309 g/mol. The lowest BCUT2D eigenvalue weighted by Gasteiger charge is -2.16. The van der Waals surface area contributed by atoms with Crippen molar-refractivity contribution >= 4 is 10.1 Å². The zero-order valence-corrected chi connectivity index (χ0v) is 9.60. The Morgan fingerprint density at radius 1 is 1.16 bits per heavy atom. The second-order valence-corrected chi connectivity index (χ2v) is 4.84. The highest BCUT2D eigenvalue weighted by Crippen LogP contribution is 2.30. The van der Waals surface area contributed by atoms with Crippen molar-refractivity contribution in [3.63, 3.8) is 0 Å². The van der Waals surface area contributed by atoms with E-state index in [0.717, 1.165) is 0 Å². The lowest BCUT2D eigenvalue weighted by atomic mass is 10.2. The molecule has 0 aliphatic carbocycles. The van der Waals surface area contributed by atoms with Gasteiger partial charge in [0.15, 0.2) is 0 Å². The van der Waals surface area contributed by atoms with Crippen molar-refractivity contribution in [3.8, 4) is 0 Å². The number of hydrogen-bond acceptors (Lipinski definition) is 4. The van der Waals surface area contributed by atoms with Crippen LogP contribution in [0.4, 0.5) is 26.3 Å². The van der Waals surface area contributed by atoms with Crippen LogP contribution in [0.25, 0.3) is 0 Å². The Morgan fingerprint density at radius 3 is 2.16 bits per heavy atom. The molecule has 0 unspecified atom stereocenters. The fourth-order valence-electron chi connectivity index (χ4n) is 0.885. The third-order valence-electron chi connectivity index (χ3n) is 1.78. The lowest BCUT2D eigenvalue weighted by Crippen LogP contribution is -2.31. The van der Waals surface area contributed by atoms with Gasteiger partial charge in [-0.1, -0.05) is 0 Å². The summed E-state index contributed by atoms with van der Waals surface area (Å²) in [7, 11) is -6.13. The first-order valence-corrected chi connectivity index (χ1v) is 5.82. The van der Waals surface area contributed by atoms with Crippen LogP contribution in [0.3, 0.4) is 0 Å². The van der Waals surface area contributed by atoms with E-state index in [1.165, 1.54) is 0 Å². The average Bonchev–Trinajstić information content (AvgIpc) is 2.26. The Kier molecular flexibility index (Phi) is 4.10. The molecule has 1 aromatic heterocycles. The van der Waals surface area contributed by atoms with Gasteiger partial charge in [0.25, 0.3) is 0 Å². The van der Waals surface area contributed by atoms with Gasteiger partial charge in [-0.15, -0.1) is 0 Å². The molecule has 0 fully saturated rings. The molecular formula is C8H5F6NO3S. The van der Waals surface area contributed by atoms with Crippen molar-refractivity contribution in [2.45, 2.75) is 11.4 Å². The van der Waals surface area contributed by atoms with Crippen molar-refractivity contribution in [3.05, 3.63) is 29.8 Å². The molecule has 4 nitrogen and oxygen atoms in total. The van der Waals surface area contributed by atoms with Crippen molar-refractivity contribution in [2.24, 2.45) is 0 Å². The Hall–Kier alpha value is -1.36. The lowest BCUT2D eigenvalue weighted by molar-refractivity contribution is -0.0762. The molecule has 0 N–H and O–H groups in total. The third-order valence-corrected chi connectivity index (χ3v) is 2.78. The highest BCUT2D eigenvalue weighted by Gasteiger charge is 2.49. The smallest absolute Gasteiger partial charge is 0.256 e.